The van der Waals surface area contributed by atoms with E-state index in [2.05, 4.69) is 81.5 Å². The molecule has 0 fully saturated rings. The van der Waals surface area contributed by atoms with Crippen LogP contribution in [0.4, 0.5) is 0 Å². The molecule has 0 aliphatic carbocycles. The van der Waals surface area contributed by atoms with Gasteiger partial charge in [0, 0.05) is 19.3 Å². The smallest absolute Gasteiger partial charge is 0.306 e. The Kier molecular flexibility index (Phi) is 41.3. The van der Waals surface area contributed by atoms with Crippen molar-refractivity contribution in [2.45, 2.75) is 168 Å². The molecular weight excluding hydrogens is 709 g/mol. The molecule has 0 saturated heterocycles. The number of hydrogen-bond acceptors (Lipinski definition) is 6. The van der Waals surface area contributed by atoms with Gasteiger partial charge in [-0.1, -0.05) is 174 Å². The third-order valence-corrected chi connectivity index (χ3v) is 8.59. The third-order valence-electron chi connectivity index (χ3n) is 8.59. The maximum absolute atomic E-state index is 12.7. The van der Waals surface area contributed by atoms with Crippen LogP contribution in [0.1, 0.15) is 162 Å². The number of esters is 3. The van der Waals surface area contributed by atoms with Gasteiger partial charge in [0.05, 0.1) is 0 Å². The lowest BCUT2D eigenvalue weighted by Crippen LogP contribution is -2.30. The Morgan fingerprint density at radius 3 is 1.33 bits per heavy atom. The average molecular weight is 787 g/mol. The fourth-order valence-corrected chi connectivity index (χ4v) is 5.29. The number of rotatable bonds is 37. The second-order valence-corrected chi connectivity index (χ2v) is 14.0. The topological polar surface area (TPSA) is 78.9 Å². The molecule has 1 unspecified atom stereocenters. The van der Waals surface area contributed by atoms with Crippen LogP contribution < -0.4 is 0 Å². The number of allylic oxidation sites excluding steroid dienone is 20. The monoisotopic (exact) mass is 787 g/mol. The van der Waals surface area contributed by atoms with E-state index in [9.17, 15) is 14.4 Å². The highest BCUT2D eigenvalue weighted by Gasteiger charge is 2.19. The van der Waals surface area contributed by atoms with Gasteiger partial charge in [0.1, 0.15) is 13.2 Å². The van der Waals surface area contributed by atoms with Crippen molar-refractivity contribution in [3.63, 3.8) is 0 Å². The predicted octanol–water partition coefficient (Wildman–Crippen LogP) is 14.2. The average Bonchev–Trinajstić information content (AvgIpc) is 3.21. The van der Waals surface area contributed by atoms with E-state index in [1.807, 2.05) is 60.8 Å². The van der Waals surface area contributed by atoms with Crippen molar-refractivity contribution in [1.82, 2.24) is 0 Å². The molecule has 0 heterocycles. The first-order valence-corrected chi connectivity index (χ1v) is 22.1. The summed E-state index contributed by atoms with van der Waals surface area (Å²) in [4.78, 5) is 37.7. The zero-order chi connectivity index (χ0) is 41.5. The maximum Gasteiger partial charge on any atom is 0.306 e. The maximum atomic E-state index is 12.7. The number of carbonyl (C=O) groups excluding carboxylic acids is 3. The summed E-state index contributed by atoms with van der Waals surface area (Å²) in [7, 11) is 0. The lowest BCUT2D eigenvalue weighted by Gasteiger charge is -2.18. The molecule has 0 rings (SSSR count). The van der Waals surface area contributed by atoms with Crippen LogP contribution in [0.25, 0.3) is 0 Å². The van der Waals surface area contributed by atoms with Crippen LogP contribution in [0.15, 0.2) is 122 Å². The Morgan fingerprint density at radius 1 is 0.386 bits per heavy atom. The van der Waals surface area contributed by atoms with Gasteiger partial charge in [-0.15, -0.1) is 0 Å². The van der Waals surface area contributed by atoms with E-state index < -0.39 is 6.10 Å². The summed E-state index contributed by atoms with van der Waals surface area (Å²) in [6, 6.07) is 0. The first-order valence-electron chi connectivity index (χ1n) is 22.1. The van der Waals surface area contributed by atoms with Crippen LogP contribution in [0.5, 0.6) is 0 Å². The van der Waals surface area contributed by atoms with Crippen LogP contribution in [0, 0.1) is 0 Å². The largest absolute Gasteiger partial charge is 0.462 e. The zero-order valence-electron chi connectivity index (χ0n) is 36.0. The van der Waals surface area contributed by atoms with Gasteiger partial charge in [-0.25, -0.2) is 0 Å². The molecule has 1 atom stereocenters. The summed E-state index contributed by atoms with van der Waals surface area (Å²) in [5.41, 5.74) is 0. The summed E-state index contributed by atoms with van der Waals surface area (Å²) in [5, 5.41) is 0. The van der Waals surface area contributed by atoms with E-state index in [1.165, 1.54) is 12.8 Å². The summed E-state index contributed by atoms with van der Waals surface area (Å²) >= 11 is 0. The molecule has 0 saturated carbocycles. The van der Waals surface area contributed by atoms with Crippen LogP contribution >= 0.6 is 0 Å². The van der Waals surface area contributed by atoms with E-state index in [1.54, 1.807) is 0 Å². The van der Waals surface area contributed by atoms with E-state index in [0.717, 1.165) is 103 Å². The third kappa shape index (κ3) is 42.8. The van der Waals surface area contributed by atoms with Crippen molar-refractivity contribution in [3.8, 4) is 0 Å². The number of unbranched alkanes of at least 4 members (excludes halogenated alkanes) is 11. The second-order valence-electron chi connectivity index (χ2n) is 14.0. The van der Waals surface area contributed by atoms with Gasteiger partial charge in [0.2, 0.25) is 0 Å². The molecule has 0 N–H and O–H groups in total. The van der Waals surface area contributed by atoms with Gasteiger partial charge in [0.25, 0.3) is 0 Å². The molecule has 318 valence electrons. The molecule has 0 aromatic heterocycles. The highest BCUT2D eigenvalue weighted by Crippen LogP contribution is 2.11. The quantitative estimate of drug-likeness (QED) is 0.0205. The van der Waals surface area contributed by atoms with E-state index in [0.29, 0.717) is 19.3 Å². The van der Waals surface area contributed by atoms with Crippen LogP contribution in [0.3, 0.4) is 0 Å². The molecule has 0 aromatic carbocycles. The summed E-state index contributed by atoms with van der Waals surface area (Å²) in [5.74, 6) is -1.03. The fourth-order valence-electron chi connectivity index (χ4n) is 5.29. The molecule has 0 aromatic rings. The highest BCUT2D eigenvalue weighted by molar-refractivity contribution is 5.71. The van der Waals surface area contributed by atoms with Gasteiger partial charge >= 0.3 is 17.9 Å². The first-order chi connectivity index (χ1) is 28.0. The summed E-state index contributed by atoms with van der Waals surface area (Å²) < 4.78 is 16.6. The Bertz CT molecular complexity index is 1270. The highest BCUT2D eigenvalue weighted by atomic mass is 16.6. The summed E-state index contributed by atoms with van der Waals surface area (Å²) in [6.07, 6.45) is 60.4. The Morgan fingerprint density at radius 2 is 0.772 bits per heavy atom. The second kappa shape index (κ2) is 44.5. The Hall–Kier alpha value is -4.19. The van der Waals surface area contributed by atoms with Crippen molar-refractivity contribution in [2.24, 2.45) is 0 Å². The lowest BCUT2D eigenvalue weighted by molar-refractivity contribution is -0.167. The van der Waals surface area contributed by atoms with Gasteiger partial charge in [-0.05, 0) is 89.9 Å². The molecular formula is C51H78O6. The van der Waals surface area contributed by atoms with Crippen molar-refractivity contribution >= 4 is 17.9 Å². The Labute approximate surface area is 348 Å². The van der Waals surface area contributed by atoms with E-state index in [-0.39, 0.29) is 37.5 Å². The molecule has 0 radical (unpaired) electrons. The standard InChI is InChI=1S/C51H78O6/c1-4-7-10-13-16-19-22-24-25-26-27-28-30-32-35-38-41-44-50(53)56-47-48(46-55-49(52)43-40-37-34-31-21-18-15-12-9-6-3)57-51(54)45-42-39-36-33-29-23-20-17-14-11-8-5-2/h7-8,10-11,13,15-20,22,24-30,33,48H,4-6,9,12,14,21,23,31-32,34-47H2,1-3H3/b10-7-,11-8-,16-13-,18-15-,20-17-,22-19-,25-24-,27-26+,30-28-,33-29-. The molecule has 0 aliphatic rings. The molecule has 0 bridgehead atoms. The minimum absolute atomic E-state index is 0.119. The van der Waals surface area contributed by atoms with Crippen molar-refractivity contribution in [1.29, 1.82) is 0 Å². The minimum atomic E-state index is -0.822. The van der Waals surface area contributed by atoms with Gasteiger partial charge in [-0.3, -0.25) is 14.4 Å². The lowest BCUT2D eigenvalue weighted by atomic mass is 10.1. The molecule has 0 spiro atoms. The van der Waals surface area contributed by atoms with E-state index in [4.69, 9.17) is 14.2 Å². The molecule has 0 amide bonds. The van der Waals surface area contributed by atoms with Crippen molar-refractivity contribution < 1.29 is 28.6 Å². The molecule has 6 heteroatoms. The van der Waals surface area contributed by atoms with Crippen LogP contribution in [-0.4, -0.2) is 37.2 Å². The van der Waals surface area contributed by atoms with Crippen molar-refractivity contribution in [3.05, 3.63) is 122 Å². The first kappa shape index (κ1) is 52.8. The van der Waals surface area contributed by atoms with E-state index >= 15 is 0 Å². The SMILES string of the molecule is CC\C=C/C=C\C=C/C=C\C=C\C=C/CCCCCC(=O)OCC(COC(=O)CCCCCC/C=C\CCCC)OC(=O)CCCC/C=C\C/C=C\C/C=C\CC. The Balaban J connectivity index is 4.56. The predicted molar refractivity (Wildman–Crippen MR) is 242 cm³/mol. The number of ether oxygens (including phenoxy) is 3. The van der Waals surface area contributed by atoms with Gasteiger partial charge in [-0.2, -0.15) is 0 Å². The number of carbonyl (C=O) groups is 3. The van der Waals surface area contributed by atoms with Crippen molar-refractivity contribution in [2.75, 3.05) is 13.2 Å². The van der Waals surface area contributed by atoms with Crippen LogP contribution in [-0.2, 0) is 28.6 Å². The molecule has 6 nitrogen and oxygen atoms in total. The number of hydrogen-bond donors (Lipinski definition) is 0. The summed E-state index contributed by atoms with van der Waals surface area (Å²) in [6.45, 7) is 6.20. The minimum Gasteiger partial charge on any atom is -0.462 e. The van der Waals surface area contributed by atoms with Gasteiger partial charge < -0.3 is 14.2 Å². The molecule has 0 aliphatic heterocycles. The van der Waals surface area contributed by atoms with Crippen LogP contribution in [0.2, 0.25) is 0 Å². The fraction of sp³-hybridized carbons (Fsp3) is 0.549. The van der Waals surface area contributed by atoms with Gasteiger partial charge in [0.15, 0.2) is 6.10 Å². The normalized spacial score (nSPS) is 13.2. The molecule has 57 heavy (non-hydrogen) atoms. The zero-order valence-corrected chi connectivity index (χ0v) is 36.0.